The van der Waals surface area contributed by atoms with Crippen LogP contribution >= 0.6 is 0 Å². The molecule has 0 aliphatic rings. The molecule has 0 saturated heterocycles. The van der Waals surface area contributed by atoms with Gasteiger partial charge in [-0.05, 0) is 24.3 Å². The first-order valence-electron chi connectivity index (χ1n) is 6.06. The second-order valence-corrected chi connectivity index (χ2v) is 4.41. The molecule has 0 amide bonds. The topological polar surface area (TPSA) is 53.1 Å². The zero-order valence-corrected chi connectivity index (χ0v) is 10.9. The highest BCUT2D eigenvalue weighted by Gasteiger charge is 2.15. The van der Waals surface area contributed by atoms with Crippen LogP contribution < -0.4 is 10.5 Å². The largest absolute Gasteiger partial charge is 0.494 e. The fraction of sp³-hybridized carbons (Fsp3) is 0.133. The van der Waals surface area contributed by atoms with Gasteiger partial charge in [-0.1, -0.05) is 18.2 Å². The third-order valence-corrected chi connectivity index (χ3v) is 3.28. The average Bonchev–Trinajstić information content (AvgIpc) is 2.76. The number of ether oxygens (including phenoxy) is 1. The normalized spacial score (nSPS) is 10.8. The molecule has 0 fully saturated rings. The molecule has 3 rings (SSSR count). The molecule has 1 aromatic heterocycles. The molecule has 0 unspecified atom stereocenters. The van der Waals surface area contributed by atoms with Crippen molar-refractivity contribution in [2.75, 3.05) is 12.8 Å². The van der Waals surface area contributed by atoms with Gasteiger partial charge >= 0.3 is 0 Å². The van der Waals surface area contributed by atoms with Gasteiger partial charge in [-0.2, -0.15) is 0 Å². The van der Waals surface area contributed by atoms with Crippen molar-refractivity contribution in [2.24, 2.45) is 7.05 Å². The third-order valence-electron chi connectivity index (χ3n) is 3.28. The number of benzene rings is 2. The standard InChI is InChI=1S/C15H15N3O/c1-18-13-9-4-3-8-12(13)17-15(18)10-6-5-7-11(16)14(10)19-2/h3-9H,16H2,1-2H3. The van der Waals surface area contributed by atoms with Crippen LogP contribution in [0.1, 0.15) is 0 Å². The minimum absolute atomic E-state index is 0.618. The fourth-order valence-corrected chi connectivity index (χ4v) is 2.35. The summed E-state index contributed by atoms with van der Waals surface area (Å²) in [7, 11) is 3.62. The molecule has 4 heteroatoms. The number of aryl methyl sites for hydroxylation is 1. The smallest absolute Gasteiger partial charge is 0.152 e. The summed E-state index contributed by atoms with van der Waals surface area (Å²) in [5.74, 6) is 1.52. The minimum atomic E-state index is 0.618. The Morgan fingerprint density at radius 2 is 1.89 bits per heavy atom. The molecule has 0 radical (unpaired) electrons. The quantitative estimate of drug-likeness (QED) is 0.714. The van der Waals surface area contributed by atoms with E-state index in [1.54, 1.807) is 7.11 Å². The molecule has 3 aromatic rings. The third kappa shape index (κ3) is 1.73. The number of nitrogen functional groups attached to an aromatic ring is 1. The van der Waals surface area contributed by atoms with Crippen LogP contribution in [0.15, 0.2) is 42.5 Å². The van der Waals surface area contributed by atoms with E-state index in [1.165, 1.54) is 0 Å². The summed E-state index contributed by atoms with van der Waals surface area (Å²) >= 11 is 0. The van der Waals surface area contributed by atoms with E-state index in [0.29, 0.717) is 11.4 Å². The molecule has 0 saturated carbocycles. The van der Waals surface area contributed by atoms with Crippen molar-refractivity contribution in [3.63, 3.8) is 0 Å². The van der Waals surface area contributed by atoms with Crippen LogP contribution in [0.3, 0.4) is 0 Å². The van der Waals surface area contributed by atoms with Crippen LogP contribution in [0.2, 0.25) is 0 Å². The predicted octanol–water partition coefficient (Wildman–Crippen LogP) is 2.83. The zero-order chi connectivity index (χ0) is 13.4. The highest BCUT2D eigenvalue weighted by Crippen LogP contribution is 2.35. The number of anilines is 1. The molecule has 19 heavy (non-hydrogen) atoms. The second kappa shape index (κ2) is 4.31. The van der Waals surface area contributed by atoms with Crippen LogP contribution in [-0.2, 0) is 7.05 Å². The molecule has 0 spiro atoms. The predicted molar refractivity (Wildman–Crippen MR) is 77.1 cm³/mol. The van der Waals surface area contributed by atoms with Gasteiger partial charge in [0.1, 0.15) is 5.82 Å². The monoisotopic (exact) mass is 253 g/mol. The van der Waals surface area contributed by atoms with Crippen molar-refractivity contribution in [3.05, 3.63) is 42.5 Å². The molecular formula is C15H15N3O. The Labute approximate surface area is 111 Å². The second-order valence-electron chi connectivity index (χ2n) is 4.41. The number of fused-ring (bicyclic) bond motifs is 1. The number of imidazole rings is 1. The molecule has 96 valence electrons. The highest BCUT2D eigenvalue weighted by molar-refractivity contribution is 5.83. The Balaban J connectivity index is 2.31. The van der Waals surface area contributed by atoms with E-state index in [2.05, 4.69) is 4.98 Å². The molecule has 2 aromatic carbocycles. The number of methoxy groups -OCH3 is 1. The first kappa shape index (κ1) is 11.6. The summed E-state index contributed by atoms with van der Waals surface area (Å²) in [6, 6.07) is 13.7. The van der Waals surface area contributed by atoms with Crippen LogP contribution in [-0.4, -0.2) is 16.7 Å². The lowest BCUT2D eigenvalue weighted by Gasteiger charge is -2.10. The van der Waals surface area contributed by atoms with E-state index < -0.39 is 0 Å². The van der Waals surface area contributed by atoms with Gasteiger partial charge in [0.15, 0.2) is 5.75 Å². The number of rotatable bonds is 2. The molecule has 0 aliphatic carbocycles. The SMILES string of the molecule is COc1c(N)cccc1-c1nc2ccccc2n1C. The van der Waals surface area contributed by atoms with Crippen molar-refractivity contribution < 1.29 is 4.74 Å². The molecule has 2 N–H and O–H groups in total. The zero-order valence-electron chi connectivity index (χ0n) is 10.9. The first-order valence-corrected chi connectivity index (χ1v) is 6.06. The molecule has 0 aliphatic heterocycles. The summed E-state index contributed by atoms with van der Waals surface area (Å²) in [5.41, 5.74) is 9.52. The van der Waals surface area contributed by atoms with E-state index in [1.807, 2.05) is 54.1 Å². The Morgan fingerprint density at radius 1 is 1.11 bits per heavy atom. The molecule has 0 bridgehead atoms. The Hall–Kier alpha value is -2.49. The average molecular weight is 253 g/mol. The lowest BCUT2D eigenvalue weighted by molar-refractivity contribution is 0.418. The van der Waals surface area contributed by atoms with E-state index in [4.69, 9.17) is 10.5 Å². The summed E-state index contributed by atoms with van der Waals surface area (Å²) in [5, 5.41) is 0. The number of aromatic nitrogens is 2. The maximum absolute atomic E-state index is 5.95. The van der Waals surface area contributed by atoms with Gasteiger partial charge in [-0.25, -0.2) is 4.98 Å². The van der Waals surface area contributed by atoms with Crippen molar-refractivity contribution in [3.8, 4) is 17.1 Å². The first-order chi connectivity index (χ1) is 9.22. The minimum Gasteiger partial charge on any atom is -0.494 e. The van der Waals surface area contributed by atoms with Gasteiger partial charge in [0, 0.05) is 7.05 Å². The van der Waals surface area contributed by atoms with E-state index in [9.17, 15) is 0 Å². The van der Waals surface area contributed by atoms with E-state index >= 15 is 0 Å². The fourth-order valence-electron chi connectivity index (χ4n) is 2.35. The maximum atomic E-state index is 5.95. The number of nitrogens with zero attached hydrogens (tertiary/aromatic N) is 2. The Kier molecular flexibility index (Phi) is 2.63. The molecule has 4 nitrogen and oxygen atoms in total. The molecular weight excluding hydrogens is 238 g/mol. The van der Waals surface area contributed by atoms with Gasteiger partial charge in [-0.3, -0.25) is 0 Å². The molecule has 0 atom stereocenters. The summed E-state index contributed by atoms with van der Waals surface area (Å²) in [4.78, 5) is 4.66. The van der Waals surface area contributed by atoms with Crippen molar-refractivity contribution >= 4 is 16.7 Å². The summed E-state index contributed by atoms with van der Waals surface area (Å²) < 4.78 is 7.45. The van der Waals surface area contributed by atoms with Crippen molar-refractivity contribution in [1.29, 1.82) is 0 Å². The van der Waals surface area contributed by atoms with Gasteiger partial charge in [-0.15, -0.1) is 0 Å². The van der Waals surface area contributed by atoms with Crippen LogP contribution in [0.4, 0.5) is 5.69 Å². The highest BCUT2D eigenvalue weighted by atomic mass is 16.5. The van der Waals surface area contributed by atoms with Gasteiger partial charge in [0.2, 0.25) is 0 Å². The van der Waals surface area contributed by atoms with Crippen LogP contribution in [0, 0.1) is 0 Å². The number of nitrogens with two attached hydrogens (primary N) is 1. The summed E-state index contributed by atoms with van der Waals surface area (Å²) in [6.07, 6.45) is 0. The lowest BCUT2D eigenvalue weighted by atomic mass is 10.1. The van der Waals surface area contributed by atoms with E-state index in [0.717, 1.165) is 22.4 Å². The van der Waals surface area contributed by atoms with Crippen LogP contribution in [0.25, 0.3) is 22.4 Å². The van der Waals surface area contributed by atoms with Gasteiger partial charge in [0.25, 0.3) is 0 Å². The summed E-state index contributed by atoms with van der Waals surface area (Å²) in [6.45, 7) is 0. The Bertz CT molecular complexity index is 746. The van der Waals surface area contributed by atoms with E-state index in [-0.39, 0.29) is 0 Å². The number of para-hydroxylation sites is 3. The Morgan fingerprint density at radius 3 is 2.63 bits per heavy atom. The van der Waals surface area contributed by atoms with Crippen LogP contribution in [0.5, 0.6) is 5.75 Å². The van der Waals surface area contributed by atoms with Crippen molar-refractivity contribution in [2.45, 2.75) is 0 Å². The van der Waals surface area contributed by atoms with Crippen molar-refractivity contribution in [1.82, 2.24) is 9.55 Å². The van der Waals surface area contributed by atoms with Gasteiger partial charge in [0.05, 0.1) is 29.4 Å². The molecule has 1 heterocycles. The number of hydrogen-bond acceptors (Lipinski definition) is 3. The maximum Gasteiger partial charge on any atom is 0.152 e. The van der Waals surface area contributed by atoms with Gasteiger partial charge < -0.3 is 15.0 Å². The number of hydrogen-bond donors (Lipinski definition) is 1. The lowest BCUT2D eigenvalue weighted by Crippen LogP contribution is -1.98.